The van der Waals surface area contributed by atoms with Gasteiger partial charge in [-0.05, 0) is 50.2 Å². The molecule has 8 heteroatoms. The molecule has 0 fully saturated rings. The number of ether oxygens (including phenoxy) is 2. The van der Waals surface area contributed by atoms with Gasteiger partial charge < -0.3 is 14.8 Å². The van der Waals surface area contributed by atoms with E-state index in [1.165, 1.54) is 24.3 Å². The largest absolute Gasteiger partial charge is 0.486 e. The summed E-state index contributed by atoms with van der Waals surface area (Å²) >= 11 is 0. The molecule has 0 bridgehead atoms. The zero-order chi connectivity index (χ0) is 18.7. The van der Waals surface area contributed by atoms with Crippen molar-refractivity contribution in [3.63, 3.8) is 0 Å². The Kier molecular flexibility index (Phi) is 5.15. The number of hydrogen-bond donors (Lipinski definition) is 2. The molecule has 2 aromatic rings. The van der Waals surface area contributed by atoms with Gasteiger partial charge in [0.05, 0.1) is 4.90 Å². The van der Waals surface area contributed by atoms with Crippen molar-refractivity contribution in [3.8, 4) is 11.5 Å². The van der Waals surface area contributed by atoms with Gasteiger partial charge in [-0.2, -0.15) is 0 Å². The fourth-order valence-electron chi connectivity index (χ4n) is 2.49. The van der Waals surface area contributed by atoms with E-state index in [1.807, 2.05) is 0 Å². The highest BCUT2D eigenvalue weighted by molar-refractivity contribution is 7.89. The van der Waals surface area contributed by atoms with Crippen molar-refractivity contribution >= 4 is 21.6 Å². The molecular formula is C18H20N2O5S. The number of benzene rings is 2. The summed E-state index contributed by atoms with van der Waals surface area (Å²) in [5.74, 6) is 0.874. The topological polar surface area (TPSA) is 93.7 Å². The molecule has 138 valence electrons. The predicted molar refractivity (Wildman–Crippen MR) is 97.3 cm³/mol. The SMILES string of the molecule is CC(C)NS(=O)(=O)c1ccc(C(=O)Nc2ccc3c(c2)OCCO3)cc1. The van der Waals surface area contributed by atoms with E-state index in [0.717, 1.165) is 0 Å². The van der Waals surface area contributed by atoms with Crippen LogP contribution in [0.3, 0.4) is 0 Å². The van der Waals surface area contributed by atoms with Gasteiger partial charge in [-0.1, -0.05) is 0 Å². The van der Waals surface area contributed by atoms with Crippen LogP contribution in [0.4, 0.5) is 5.69 Å². The van der Waals surface area contributed by atoms with Crippen molar-refractivity contribution in [2.75, 3.05) is 18.5 Å². The second-order valence-corrected chi connectivity index (χ2v) is 7.83. The molecule has 0 radical (unpaired) electrons. The first-order chi connectivity index (χ1) is 12.3. The zero-order valence-electron chi connectivity index (χ0n) is 14.5. The first-order valence-electron chi connectivity index (χ1n) is 8.18. The maximum absolute atomic E-state index is 12.4. The minimum absolute atomic E-state index is 0.113. The van der Waals surface area contributed by atoms with Crippen LogP contribution in [-0.4, -0.2) is 33.6 Å². The number of nitrogens with one attached hydrogen (secondary N) is 2. The van der Waals surface area contributed by atoms with Crippen LogP contribution >= 0.6 is 0 Å². The molecule has 3 rings (SSSR count). The minimum atomic E-state index is -3.58. The second kappa shape index (κ2) is 7.35. The third-order valence-electron chi connectivity index (χ3n) is 3.62. The zero-order valence-corrected chi connectivity index (χ0v) is 15.3. The van der Waals surface area contributed by atoms with Gasteiger partial charge in [0.25, 0.3) is 5.91 Å². The number of fused-ring (bicyclic) bond motifs is 1. The summed E-state index contributed by atoms with van der Waals surface area (Å²) in [7, 11) is -3.58. The van der Waals surface area contributed by atoms with Crippen molar-refractivity contribution in [1.82, 2.24) is 4.72 Å². The molecular weight excluding hydrogens is 356 g/mol. The first kappa shape index (κ1) is 18.2. The molecule has 2 N–H and O–H groups in total. The number of rotatable bonds is 5. The molecule has 2 aromatic carbocycles. The molecule has 0 atom stereocenters. The van der Waals surface area contributed by atoms with Crippen LogP contribution < -0.4 is 19.5 Å². The summed E-state index contributed by atoms with van der Waals surface area (Å²) in [5.41, 5.74) is 0.917. The Morgan fingerprint density at radius 2 is 1.65 bits per heavy atom. The highest BCUT2D eigenvalue weighted by atomic mass is 32.2. The Morgan fingerprint density at radius 1 is 1.00 bits per heavy atom. The molecule has 26 heavy (non-hydrogen) atoms. The summed E-state index contributed by atoms with van der Waals surface area (Å²) in [4.78, 5) is 12.5. The van der Waals surface area contributed by atoms with E-state index in [9.17, 15) is 13.2 Å². The van der Waals surface area contributed by atoms with E-state index in [4.69, 9.17) is 9.47 Å². The van der Waals surface area contributed by atoms with Gasteiger partial charge in [0.2, 0.25) is 10.0 Å². The van der Waals surface area contributed by atoms with Crippen LogP contribution in [-0.2, 0) is 10.0 Å². The highest BCUT2D eigenvalue weighted by Gasteiger charge is 2.17. The second-order valence-electron chi connectivity index (χ2n) is 6.11. The van der Waals surface area contributed by atoms with E-state index < -0.39 is 10.0 Å². The van der Waals surface area contributed by atoms with Crippen LogP contribution in [0.2, 0.25) is 0 Å². The van der Waals surface area contributed by atoms with Gasteiger partial charge in [-0.3, -0.25) is 4.79 Å². The van der Waals surface area contributed by atoms with Crippen LogP contribution in [0.1, 0.15) is 24.2 Å². The Bertz CT molecular complexity index is 908. The lowest BCUT2D eigenvalue weighted by Crippen LogP contribution is -2.30. The summed E-state index contributed by atoms with van der Waals surface area (Å²) < 4.78 is 37.7. The summed E-state index contributed by atoms with van der Waals surface area (Å²) in [6, 6.07) is 10.7. The highest BCUT2D eigenvalue weighted by Crippen LogP contribution is 2.32. The molecule has 1 aliphatic heterocycles. The maximum atomic E-state index is 12.4. The van der Waals surface area contributed by atoms with Gasteiger partial charge in [-0.15, -0.1) is 0 Å². The van der Waals surface area contributed by atoms with Crippen LogP contribution in [0.5, 0.6) is 11.5 Å². The van der Waals surface area contributed by atoms with Gasteiger partial charge in [0, 0.05) is 23.4 Å². The van der Waals surface area contributed by atoms with Crippen molar-refractivity contribution in [2.24, 2.45) is 0 Å². The van der Waals surface area contributed by atoms with Gasteiger partial charge in [0.1, 0.15) is 13.2 Å². The van der Waals surface area contributed by atoms with E-state index in [1.54, 1.807) is 32.0 Å². The van der Waals surface area contributed by atoms with Crippen molar-refractivity contribution in [2.45, 2.75) is 24.8 Å². The number of sulfonamides is 1. The molecule has 0 aromatic heterocycles. The van der Waals surface area contributed by atoms with Crippen LogP contribution in [0.15, 0.2) is 47.4 Å². The van der Waals surface area contributed by atoms with E-state index in [-0.39, 0.29) is 16.8 Å². The lowest BCUT2D eigenvalue weighted by atomic mass is 10.2. The van der Waals surface area contributed by atoms with Crippen molar-refractivity contribution in [3.05, 3.63) is 48.0 Å². The number of amides is 1. The standard InChI is InChI=1S/C18H20N2O5S/c1-12(2)20-26(22,23)15-6-3-13(4-7-15)18(21)19-14-5-8-16-17(11-14)25-10-9-24-16/h3-8,11-12,20H,9-10H2,1-2H3,(H,19,21). The number of carbonyl (C=O) groups excluding carboxylic acids is 1. The lowest BCUT2D eigenvalue weighted by molar-refractivity contribution is 0.102. The average molecular weight is 376 g/mol. The maximum Gasteiger partial charge on any atom is 0.255 e. The Labute approximate surface area is 152 Å². The smallest absolute Gasteiger partial charge is 0.255 e. The lowest BCUT2D eigenvalue weighted by Gasteiger charge is -2.19. The Morgan fingerprint density at radius 3 is 2.31 bits per heavy atom. The van der Waals surface area contributed by atoms with Crippen LogP contribution in [0, 0.1) is 0 Å². The molecule has 1 heterocycles. The molecule has 0 spiro atoms. The predicted octanol–water partition coefficient (Wildman–Crippen LogP) is 2.40. The van der Waals surface area contributed by atoms with Gasteiger partial charge >= 0.3 is 0 Å². The Balaban J connectivity index is 1.72. The Hall–Kier alpha value is -2.58. The molecule has 0 saturated heterocycles. The third-order valence-corrected chi connectivity index (χ3v) is 5.29. The van der Waals surface area contributed by atoms with Crippen molar-refractivity contribution in [1.29, 1.82) is 0 Å². The van der Waals surface area contributed by atoms with E-state index in [2.05, 4.69) is 10.0 Å². The molecule has 0 unspecified atom stereocenters. The molecule has 1 aliphatic rings. The van der Waals surface area contributed by atoms with E-state index in [0.29, 0.717) is 36.0 Å². The van der Waals surface area contributed by atoms with Gasteiger partial charge in [-0.25, -0.2) is 13.1 Å². The fraction of sp³-hybridized carbons (Fsp3) is 0.278. The number of hydrogen-bond acceptors (Lipinski definition) is 5. The fourth-order valence-corrected chi connectivity index (χ4v) is 3.74. The summed E-state index contributed by atoms with van der Waals surface area (Å²) in [5, 5.41) is 2.76. The quantitative estimate of drug-likeness (QED) is 0.836. The van der Waals surface area contributed by atoms with Gasteiger partial charge in [0.15, 0.2) is 11.5 Å². The number of carbonyl (C=O) groups is 1. The van der Waals surface area contributed by atoms with E-state index >= 15 is 0 Å². The monoisotopic (exact) mass is 376 g/mol. The average Bonchev–Trinajstić information content (AvgIpc) is 2.60. The summed E-state index contributed by atoms with van der Waals surface area (Å²) in [6.45, 7) is 4.45. The molecule has 0 aliphatic carbocycles. The van der Waals surface area contributed by atoms with Crippen LogP contribution in [0.25, 0.3) is 0 Å². The number of anilines is 1. The minimum Gasteiger partial charge on any atom is -0.486 e. The normalized spacial score (nSPS) is 13.5. The third kappa shape index (κ3) is 4.14. The summed E-state index contributed by atoms with van der Waals surface area (Å²) in [6.07, 6.45) is 0. The molecule has 7 nitrogen and oxygen atoms in total. The first-order valence-corrected chi connectivity index (χ1v) is 9.67. The van der Waals surface area contributed by atoms with Crippen molar-refractivity contribution < 1.29 is 22.7 Å². The molecule has 1 amide bonds. The molecule has 0 saturated carbocycles.